The van der Waals surface area contributed by atoms with Crippen molar-refractivity contribution in [3.05, 3.63) is 27.9 Å². The molecular formula is C11H14N4O5. The molecule has 0 radical (unpaired) electrons. The topological polar surface area (TPSA) is 126 Å². The monoisotopic (exact) mass is 282 g/mol. The van der Waals surface area contributed by atoms with Crippen LogP contribution in [0.2, 0.25) is 0 Å². The maximum atomic E-state index is 11.7. The number of pyridine rings is 1. The molecule has 1 amide bonds. The molecule has 0 aromatic carbocycles. The number of amides is 1. The smallest absolute Gasteiger partial charge is 0.354 e. The van der Waals surface area contributed by atoms with Crippen molar-refractivity contribution in [3.8, 4) is 0 Å². The summed E-state index contributed by atoms with van der Waals surface area (Å²) in [6, 6.07) is 1.29. The highest BCUT2D eigenvalue weighted by Crippen LogP contribution is 2.23. The molecule has 0 bridgehead atoms. The summed E-state index contributed by atoms with van der Waals surface area (Å²) in [4.78, 5) is 37.7. The molecule has 0 fully saturated rings. The van der Waals surface area contributed by atoms with E-state index in [0.29, 0.717) is 0 Å². The molecule has 2 N–H and O–H groups in total. The third kappa shape index (κ3) is 3.40. The van der Waals surface area contributed by atoms with Gasteiger partial charge in [-0.2, -0.15) is 0 Å². The summed E-state index contributed by atoms with van der Waals surface area (Å²) in [6.45, 7) is 1.50. The van der Waals surface area contributed by atoms with Gasteiger partial charge in [-0.3, -0.25) is 14.9 Å². The van der Waals surface area contributed by atoms with Crippen LogP contribution in [0.1, 0.15) is 17.4 Å². The minimum absolute atomic E-state index is 0.252. The highest BCUT2D eigenvalue weighted by Gasteiger charge is 2.23. The standard InChI is InChI=1S/C11H14N4O5/c1-6(10(16)14(2)3)12-9-8(15(19)20)5-4-7(13-9)11(17)18/h4-6H,1-3H3,(H,12,13)(H,17,18). The van der Waals surface area contributed by atoms with Gasteiger partial charge in [0.25, 0.3) is 0 Å². The summed E-state index contributed by atoms with van der Waals surface area (Å²) in [6.07, 6.45) is 0. The fourth-order valence-corrected chi connectivity index (χ4v) is 1.48. The van der Waals surface area contributed by atoms with Crippen molar-refractivity contribution in [2.75, 3.05) is 19.4 Å². The number of nitro groups is 1. The Balaban J connectivity index is 3.13. The fraction of sp³-hybridized carbons (Fsp3) is 0.364. The molecule has 1 aromatic heterocycles. The maximum Gasteiger partial charge on any atom is 0.354 e. The van der Waals surface area contributed by atoms with Crippen molar-refractivity contribution >= 4 is 23.4 Å². The summed E-state index contributed by atoms with van der Waals surface area (Å²) in [7, 11) is 3.08. The van der Waals surface area contributed by atoms with Gasteiger partial charge < -0.3 is 15.3 Å². The van der Waals surface area contributed by atoms with E-state index in [9.17, 15) is 19.7 Å². The second-order valence-corrected chi connectivity index (χ2v) is 4.23. The number of carboxylic acid groups (broad SMARTS) is 1. The second-order valence-electron chi connectivity index (χ2n) is 4.23. The van der Waals surface area contributed by atoms with Crippen LogP contribution in [0.4, 0.5) is 11.5 Å². The van der Waals surface area contributed by atoms with E-state index in [4.69, 9.17) is 5.11 Å². The molecule has 0 aliphatic heterocycles. The van der Waals surface area contributed by atoms with Crippen LogP contribution in [0.15, 0.2) is 12.1 Å². The Bertz CT molecular complexity index is 558. The van der Waals surface area contributed by atoms with E-state index in [1.54, 1.807) is 0 Å². The molecule has 0 spiro atoms. The zero-order chi connectivity index (χ0) is 15.4. The maximum absolute atomic E-state index is 11.7. The molecule has 0 aliphatic carbocycles. The number of hydrogen-bond acceptors (Lipinski definition) is 6. The van der Waals surface area contributed by atoms with Crippen LogP contribution < -0.4 is 5.32 Å². The Morgan fingerprint density at radius 1 is 1.45 bits per heavy atom. The molecule has 9 heteroatoms. The highest BCUT2D eigenvalue weighted by molar-refractivity contribution is 5.87. The van der Waals surface area contributed by atoms with Crippen molar-refractivity contribution in [1.29, 1.82) is 0 Å². The summed E-state index contributed by atoms with van der Waals surface area (Å²) in [5.41, 5.74) is -0.740. The molecular weight excluding hydrogens is 268 g/mol. The molecule has 1 aromatic rings. The summed E-state index contributed by atoms with van der Waals surface area (Å²) >= 11 is 0. The number of carbonyl (C=O) groups excluding carboxylic acids is 1. The van der Waals surface area contributed by atoms with Gasteiger partial charge in [-0.05, 0) is 13.0 Å². The van der Waals surface area contributed by atoms with Crippen molar-refractivity contribution in [1.82, 2.24) is 9.88 Å². The molecule has 1 unspecified atom stereocenters. The van der Waals surface area contributed by atoms with Gasteiger partial charge in [-0.15, -0.1) is 0 Å². The number of carboxylic acids is 1. The molecule has 1 atom stereocenters. The van der Waals surface area contributed by atoms with Crippen molar-refractivity contribution in [2.45, 2.75) is 13.0 Å². The van der Waals surface area contributed by atoms with Gasteiger partial charge in [0.2, 0.25) is 11.7 Å². The summed E-state index contributed by atoms with van der Waals surface area (Å²) < 4.78 is 0. The van der Waals surface area contributed by atoms with E-state index in [0.717, 1.165) is 12.1 Å². The van der Waals surface area contributed by atoms with Gasteiger partial charge in [-0.25, -0.2) is 9.78 Å². The van der Waals surface area contributed by atoms with Gasteiger partial charge in [0, 0.05) is 20.2 Å². The zero-order valence-corrected chi connectivity index (χ0v) is 11.2. The molecule has 0 saturated heterocycles. The van der Waals surface area contributed by atoms with Gasteiger partial charge >= 0.3 is 11.7 Å². The van der Waals surface area contributed by atoms with Gasteiger partial charge in [0.1, 0.15) is 6.04 Å². The van der Waals surface area contributed by atoms with Crippen LogP contribution in [0.3, 0.4) is 0 Å². The molecule has 1 rings (SSSR count). The van der Waals surface area contributed by atoms with E-state index in [1.807, 2.05) is 0 Å². The molecule has 20 heavy (non-hydrogen) atoms. The van der Waals surface area contributed by atoms with Crippen molar-refractivity contribution < 1.29 is 19.6 Å². The number of rotatable bonds is 5. The van der Waals surface area contributed by atoms with Gasteiger partial charge in [-0.1, -0.05) is 0 Å². The normalized spacial score (nSPS) is 11.6. The van der Waals surface area contributed by atoms with Gasteiger partial charge in [0.05, 0.1) is 4.92 Å². The number of aromatic nitrogens is 1. The third-order valence-corrected chi connectivity index (χ3v) is 2.45. The third-order valence-electron chi connectivity index (χ3n) is 2.45. The Morgan fingerprint density at radius 2 is 2.05 bits per heavy atom. The Kier molecular flexibility index (Phi) is 4.57. The fourth-order valence-electron chi connectivity index (χ4n) is 1.48. The highest BCUT2D eigenvalue weighted by atomic mass is 16.6. The van der Waals surface area contributed by atoms with E-state index >= 15 is 0 Å². The first kappa shape index (κ1) is 15.3. The zero-order valence-electron chi connectivity index (χ0n) is 11.2. The summed E-state index contributed by atoms with van der Waals surface area (Å²) in [5.74, 6) is -1.88. The number of aromatic carboxylic acids is 1. The number of carbonyl (C=O) groups is 2. The predicted octanol–water partition coefficient (Wildman–Crippen LogP) is 0.577. The van der Waals surface area contributed by atoms with E-state index in [-0.39, 0.29) is 17.4 Å². The average Bonchev–Trinajstić information content (AvgIpc) is 2.36. The second kappa shape index (κ2) is 5.95. The largest absolute Gasteiger partial charge is 0.477 e. The Hall–Kier alpha value is -2.71. The van der Waals surface area contributed by atoms with Crippen molar-refractivity contribution in [3.63, 3.8) is 0 Å². The first-order valence-corrected chi connectivity index (χ1v) is 5.60. The number of likely N-dealkylation sites (N-methyl/N-ethyl adjacent to an activating group) is 1. The van der Waals surface area contributed by atoms with Crippen LogP contribution in [-0.2, 0) is 4.79 Å². The van der Waals surface area contributed by atoms with Crippen molar-refractivity contribution in [2.24, 2.45) is 0 Å². The Labute approximate surface area is 114 Å². The van der Waals surface area contributed by atoms with Crippen LogP contribution in [0.25, 0.3) is 0 Å². The summed E-state index contributed by atoms with van der Waals surface area (Å²) in [5, 5.41) is 22.3. The van der Waals surface area contributed by atoms with Crippen LogP contribution in [0.5, 0.6) is 0 Å². The quantitative estimate of drug-likeness (QED) is 0.597. The average molecular weight is 282 g/mol. The molecule has 1 heterocycles. The minimum atomic E-state index is -1.31. The lowest BCUT2D eigenvalue weighted by Gasteiger charge is -2.18. The lowest BCUT2D eigenvalue weighted by atomic mass is 10.2. The number of nitrogens with zero attached hydrogens (tertiary/aromatic N) is 3. The minimum Gasteiger partial charge on any atom is -0.477 e. The van der Waals surface area contributed by atoms with E-state index < -0.39 is 22.6 Å². The lowest BCUT2D eigenvalue weighted by Crippen LogP contribution is -2.37. The molecule has 9 nitrogen and oxygen atoms in total. The van der Waals surface area contributed by atoms with E-state index in [2.05, 4.69) is 10.3 Å². The predicted molar refractivity (Wildman–Crippen MR) is 69.6 cm³/mol. The van der Waals surface area contributed by atoms with Crippen LogP contribution in [0, 0.1) is 10.1 Å². The number of anilines is 1. The number of nitrogens with one attached hydrogen (secondary N) is 1. The Morgan fingerprint density at radius 3 is 2.50 bits per heavy atom. The lowest BCUT2D eigenvalue weighted by molar-refractivity contribution is -0.384. The van der Waals surface area contributed by atoms with Gasteiger partial charge in [0.15, 0.2) is 5.69 Å². The molecule has 0 saturated carbocycles. The first-order valence-electron chi connectivity index (χ1n) is 5.60. The van der Waals surface area contributed by atoms with E-state index in [1.165, 1.54) is 25.9 Å². The number of hydrogen-bond donors (Lipinski definition) is 2. The molecule has 0 aliphatic rings. The van der Waals surface area contributed by atoms with Crippen LogP contribution in [-0.4, -0.2) is 51.9 Å². The molecule has 108 valence electrons. The first-order chi connectivity index (χ1) is 9.23. The SMILES string of the molecule is CC(Nc1nc(C(=O)O)ccc1[N+](=O)[O-])C(=O)N(C)C. The van der Waals surface area contributed by atoms with Crippen LogP contribution >= 0.6 is 0 Å².